The van der Waals surface area contributed by atoms with Crippen molar-refractivity contribution in [3.05, 3.63) is 28.8 Å². The minimum Gasteiger partial charge on any atom is -0.496 e. The maximum atomic E-state index is 11.6. The SMILES string of the molecule is COc1cc(C)c(CCNC(=O)NC(C)C)cc1C(C)C. The van der Waals surface area contributed by atoms with Gasteiger partial charge in [0.05, 0.1) is 7.11 Å². The molecule has 0 heterocycles. The van der Waals surface area contributed by atoms with Gasteiger partial charge in [0, 0.05) is 12.6 Å². The summed E-state index contributed by atoms with van der Waals surface area (Å²) in [6, 6.07) is 4.32. The van der Waals surface area contributed by atoms with Gasteiger partial charge in [0.25, 0.3) is 0 Å². The molecule has 0 saturated carbocycles. The molecule has 118 valence electrons. The zero-order chi connectivity index (χ0) is 16.0. The van der Waals surface area contributed by atoms with Gasteiger partial charge in [-0.2, -0.15) is 0 Å². The normalized spacial score (nSPS) is 10.9. The molecule has 2 N–H and O–H groups in total. The average Bonchev–Trinajstić information content (AvgIpc) is 2.38. The highest BCUT2D eigenvalue weighted by atomic mass is 16.5. The average molecular weight is 292 g/mol. The van der Waals surface area contributed by atoms with Crippen LogP contribution in [0.15, 0.2) is 12.1 Å². The maximum absolute atomic E-state index is 11.6. The lowest BCUT2D eigenvalue weighted by Gasteiger charge is -2.16. The molecule has 4 nitrogen and oxygen atoms in total. The fourth-order valence-electron chi connectivity index (χ4n) is 2.27. The molecule has 0 fully saturated rings. The van der Waals surface area contributed by atoms with Crippen molar-refractivity contribution in [1.29, 1.82) is 0 Å². The third-order valence-corrected chi connectivity index (χ3v) is 3.41. The van der Waals surface area contributed by atoms with Crippen LogP contribution in [-0.4, -0.2) is 25.7 Å². The van der Waals surface area contributed by atoms with E-state index >= 15 is 0 Å². The number of amides is 2. The van der Waals surface area contributed by atoms with Gasteiger partial charge in [0.1, 0.15) is 5.75 Å². The van der Waals surface area contributed by atoms with E-state index in [0.717, 1.165) is 12.2 Å². The van der Waals surface area contributed by atoms with E-state index in [1.807, 2.05) is 13.8 Å². The molecule has 4 heteroatoms. The summed E-state index contributed by atoms with van der Waals surface area (Å²) in [5, 5.41) is 5.71. The number of nitrogens with one attached hydrogen (secondary N) is 2. The van der Waals surface area contributed by atoms with Crippen LogP contribution < -0.4 is 15.4 Å². The number of benzene rings is 1. The molecule has 2 amide bonds. The number of carbonyl (C=O) groups is 1. The van der Waals surface area contributed by atoms with Crippen LogP contribution in [0.4, 0.5) is 4.79 Å². The lowest BCUT2D eigenvalue weighted by molar-refractivity contribution is 0.238. The molecule has 1 rings (SSSR count). The molecule has 21 heavy (non-hydrogen) atoms. The second-order valence-corrected chi connectivity index (χ2v) is 5.98. The number of hydrogen-bond acceptors (Lipinski definition) is 2. The molecule has 0 aliphatic rings. The largest absolute Gasteiger partial charge is 0.496 e. The van der Waals surface area contributed by atoms with Crippen LogP contribution in [0.2, 0.25) is 0 Å². The first-order valence-electron chi connectivity index (χ1n) is 7.57. The number of aryl methyl sites for hydroxylation is 1. The molecular weight excluding hydrogens is 264 g/mol. The smallest absolute Gasteiger partial charge is 0.314 e. The molecule has 0 radical (unpaired) electrons. The number of hydrogen-bond donors (Lipinski definition) is 2. The quantitative estimate of drug-likeness (QED) is 0.844. The van der Waals surface area contributed by atoms with E-state index in [1.54, 1.807) is 7.11 Å². The molecule has 0 aliphatic heterocycles. The third kappa shape index (κ3) is 5.29. The topological polar surface area (TPSA) is 50.4 Å². The second kappa shape index (κ2) is 7.91. The fraction of sp³-hybridized carbons (Fsp3) is 0.588. The van der Waals surface area contributed by atoms with Crippen molar-refractivity contribution in [1.82, 2.24) is 10.6 Å². The van der Waals surface area contributed by atoms with Crippen LogP contribution >= 0.6 is 0 Å². The van der Waals surface area contributed by atoms with Gasteiger partial charge in [-0.3, -0.25) is 0 Å². The second-order valence-electron chi connectivity index (χ2n) is 5.98. The number of ether oxygens (including phenoxy) is 1. The Balaban J connectivity index is 2.71. The van der Waals surface area contributed by atoms with Crippen molar-refractivity contribution in [2.24, 2.45) is 0 Å². The summed E-state index contributed by atoms with van der Waals surface area (Å²) in [5.74, 6) is 1.35. The first-order valence-corrected chi connectivity index (χ1v) is 7.57. The van der Waals surface area contributed by atoms with Gasteiger partial charge in [-0.1, -0.05) is 19.9 Å². The lowest BCUT2D eigenvalue weighted by Crippen LogP contribution is -2.40. The zero-order valence-corrected chi connectivity index (χ0v) is 14.0. The third-order valence-electron chi connectivity index (χ3n) is 3.41. The highest BCUT2D eigenvalue weighted by Gasteiger charge is 2.11. The van der Waals surface area contributed by atoms with Gasteiger partial charge in [-0.15, -0.1) is 0 Å². The van der Waals surface area contributed by atoms with Crippen molar-refractivity contribution in [3.8, 4) is 5.75 Å². The Morgan fingerprint density at radius 2 is 1.90 bits per heavy atom. The highest BCUT2D eigenvalue weighted by molar-refractivity contribution is 5.74. The molecule has 0 aromatic heterocycles. The number of carbonyl (C=O) groups excluding carboxylic acids is 1. The van der Waals surface area contributed by atoms with Crippen molar-refractivity contribution < 1.29 is 9.53 Å². The number of rotatable bonds is 6. The number of urea groups is 1. The van der Waals surface area contributed by atoms with Crippen molar-refractivity contribution >= 4 is 6.03 Å². The Bertz CT molecular complexity index is 482. The molecule has 0 bridgehead atoms. The summed E-state index contributed by atoms with van der Waals surface area (Å²) >= 11 is 0. The molecule has 0 saturated heterocycles. The van der Waals surface area contributed by atoms with E-state index in [0.29, 0.717) is 12.5 Å². The maximum Gasteiger partial charge on any atom is 0.314 e. The van der Waals surface area contributed by atoms with Crippen LogP contribution in [0.5, 0.6) is 5.75 Å². The van der Waals surface area contributed by atoms with Crippen molar-refractivity contribution in [2.75, 3.05) is 13.7 Å². The van der Waals surface area contributed by atoms with Gasteiger partial charge in [0.2, 0.25) is 0 Å². The van der Waals surface area contributed by atoms with Gasteiger partial charge >= 0.3 is 6.03 Å². The molecule has 0 atom stereocenters. The summed E-state index contributed by atoms with van der Waals surface area (Å²) < 4.78 is 5.45. The molecule has 0 unspecified atom stereocenters. The van der Waals surface area contributed by atoms with Gasteiger partial charge < -0.3 is 15.4 Å². The molecule has 1 aromatic carbocycles. The van der Waals surface area contributed by atoms with Crippen molar-refractivity contribution in [3.63, 3.8) is 0 Å². The van der Waals surface area contributed by atoms with E-state index in [2.05, 4.69) is 43.5 Å². The fourth-order valence-corrected chi connectivity index (χ4v) is 2.27. The van der Waals surface area contributed by atoms with Crippen LogP contribution in [0, 0.1) is 6.92 Å². The molecule has 0 spiro atoms. The lowest BCUT2D eigenvalue weighted by atomic mass is 9.95. The summed E-state index contributed by atoms with van der Waals surface area (Å²) in [4.78, 5) is 11.6. The van der Waals surface area contributed by atoms with Gasteiger partial charge in [-0.25, -0.2) is 4.79 Å². The van der Waals surface area contributed by atoms with E-state index in [1.165, 1.54) is 16.7 Å². The van der Waals surface area contributed by atoms with Crippen LogP contribution in [0.25, 0.3) is 0 Å². The minimum atomic E-state index is -0.111. The molecule has 1 aromatic rings. The van der Waals surface area contributed by atoms with E-state index in [4.69, 9.17) is 4.74 Å². The van der Waals surface area contributed by atoms with Crippen LogP contribution in [0.1, 0.15) is 50.3 Å². The first kappa shape index (κ1) is 17.3. The van der Waals surface area contributed by atoms with Gasteiger partial charge in [0.15, 0.2) is 0 Å². The Morgan fingerprint density at radius 1 is 1.24 bits per heavy atom. The van der Waals surface area contributed by atoms with Crippen LogP contribution in [0.3, 0.4) is 0 Å². The summed E-state index contributed by atoms with van der Waals surface area (Å²) in [6.45, 7) is 10.9. The van der Waals surface area contributed by atoms with Crippen LogP contribution in [-0.2, 0) is 6.42 Å². The van der Waals surface area contributed by atoms with E-state index in [9.17, 15) is 4.79 Å². The minimum absolute atomic E-state index is 0.111. The van der Waals surface area contributed by atoms with E-state index < -0.39 is 0 Å². The monoisotopic (exact) mass is 292 g/mol. The van der Waals surface area contributed by atoms with Gasteiger partial charge in [-0.05, 0) is 55.9 Å². The standard InChI is InChI=1S/C17H28N2O2/c1-11(2)15-10-14(13(5)9-16(15)21-6)7-8-18-17(20)19-12(3)4/h9-12H,7-8H2,1-6H3,(H2,18,19,20). The highest BCUT2D eigenvalue weighted by Crippen LogP contribution is 2.29. The summed E-state index contributed by atoms with van der Waals surface area (Å²) in [5.41, 5.74) is 3.66. The Hall–Kier alpha value is -1.71. The summed E-state index contributed by atoms with van der Waals surface area (Å²) in [6.07, 6.45) is 0.820. The Labute approximate surface area is 128 Å². The Morgan fingerprint density at radius 3 is 2.43 bits per heavy atom. The first-order chi connectivity index (χ1) is 9.85. The predicted molar refractivity (Wildman–Crippen MR) is 87.2 cm³/mol. The zero-order valence-electron chi connectivity index (χ0n) is 14.0. The predicted octanol–water partition coefficient (Wildman–Crippen LogP) is 3.38. The van der Waals surface area contributed by atoms with E-state index in [-0.39, 0.29) is 12.1 Å². The Kier molecular flexibility index (Phi) is 6.53. The molecule has 0 aliphatic carbocycles. The van der Waals surface area contributed by atoms with Crippen molar-refractivity contribution in [2.45, 2.75) is 53.0 Å². The molecular formula is C17H28N2O2. The number of methoxy groups -OCH3 is 1. The summed E-state index contributed by atoms with van der Waals surface area (Å²) in [7, 11) is 1.71.